The van der Waals surface area contributed by atoms with Crippen molar-refractivity contribution in [1.29, 1.82) is 0 Å². The van der Waals surface area contributed by atoms with E-state index in [1.165, 1.54) is 0 Å². The van der Waals surface area contributed by atoms with Gasteiger partial charge in [-0.15, -0.1) is 0 Å². The van der Waals surface area contributed by atoms with Crippen LogP contribution >= 0.6 is 0 Å². The van der Waals surface area contributed by atoms with Crippen LogP contribution in [-0.4, -0.2) is 49.2 Å². The first-order valence-corrected chi connectivity index (χ1v) is 7.48. The van der Waals surface area contributed by atoms with E-state index < -0.39 is 6.43 Å². The summed E-state index contributed by atoms with van der Waals surface area (Å²) in [6, 6.07) is 10.1. The van der Waals surface area contributed by atoms with Gasteiger partial charge in [-0.25, -0.2) is 8.78 Å². The molecule has 0 spiro atoms. The minimum Gasteiger partial charge on any atom is -0.395 e. The Kier molecular flexibility index (Phi) is 8.42. The predicted molar refractivity (Wildman–Crippen MR) is 81.6 cm³/mol. The Hall–Kier alpha value is -1.04. The van der Waals surface area contributed by atoms with Crippen molar-refractivity contribution in [3.63, 3.8) is 0 Å². The molecule has 2 atom stereocenters. The number of hydrogen-bond acceptors (Lipinski definition) is 3. The molecule has 21 heavy (non-hydrogen) atoms. The quantitative estimate of drug-likeness (QED) is 0.697. The zero-order chi connectivity index (χ0) is 15.7. The van der Waals surface area contributed by atoms with Crippen LogP contribution < -0.4 is 5.32 Å². The maximum absolute atomic E-state index is 12.6. The molecule has 1 aromatic rings. The molecule has 1 aromatic carbocycles. The fourth-order valence-electron chi connectivity index (χ4n) is 2.63. The van der Waals surface area contributed by atoms with E-state index in [9.17, 15) is 8.78 Å². The third-order valence-electron chi connectivity index (χ3n) is 3.51. The lowest BCUT2D eigenvalue weighted by molar-refractivity contribution is 0.0676. The van der Waals surface area contributed by atoms with Crippen molar-refractivity contribution in [3.8, 4) is 0 Å². The van der Waals surface area contributed by atoms with E-state index >= 15 is 0 Å². The molecule has 0 aromatic heterocycles. The summed E-state index contributed by atoms with van der Waals surface area (Å²) < 4.78 is 25.2. The van der Waals surface area contributed by atoms with Crippen molar-refractivity contribution in [3.05, 3.63) is 35.9 Å². The Morgan fingerprint density at radius 3 is 2.38 bits per heavy atom. The van der Waals surface area contributed by atoms with Gasteiger partial charge in [-0.05, 0) is 18.0 Å². The number of rotatable bonds is 10. The molecule has 0 heterocycles. The Balaban J connectivity index is 2.73. The molecule has 2 unspecified atom stereocenters. The summed E-state index contributed by atoms with van der Waals surface area (Å²) in [5.74, 6) is 0.164. The summed E-state index contributed by atoms with van der Waals surface area (Å²) >= 11 is 0. The molecule has 0 fully saturated rings. The molecule has 0 bridgehead atoms. The van der Waals surface area contributed by atoms with Crippen LogP contribution in [0.4, 0.5) is 8.78 Å². The Labute approximate surface area is 126 Å². The summed E-state index contributed by atoms with van der Waals surface area (Å²) in [5.41, 5.74) is 1.16. The molecule has 5 heteroatoms. The first-order valence-electron chi connectivity index (χ1n) is 7.48. The third kappa shape index (κ3) is 6.50. The molecule has 0 amide bonds. The lowest BCUT2D eigenvalue weighted by atomic mass is 9.94. The van der Waals surface area contributed by atoms with E-state index in [-0.39, 0.29) is 31.7 Å². The number of hydrogen-bond donors (Lipinski definition) is 2. The van der Waals surface area contributed by atoms with Gasteiger partial charge in [0.25, 0.3) is 6.43 Å². The lowest BCUT2D eigenvalue weighted by Crippen LogP contribution is -2.39. The zero-order valence-corrected chi connectivity index (χ0v) is 12.8. The maximum atomic E-state index is 12.6. The first kappa shape index (κ1) is 18.0. The van der Waals surface area contributed by atoms with E-state index in [0.29, 0.717) is 6.54 Å². The molecule has 1 rings (SSSR count). The monoisotopic (exact) mass is 300 g/mol. The third-order valence-corrected chi connectivity index (χ3v) is 3.51. The second-order valence-corrected chi connectivity index (χ2v) is 5.30. The fourth-order valence-corrected chi connectivity index (χ4v) is 2.63. The van der Waals surface area contributed by atoms with Crippen LogP contribution in [-0.2, 0) is 0 Å². The van der Waals surface area contributed by atoms with Gasteiger partial charge in [-0.3, -0.25) is 4.90 Å². The number of aliphatic hydroxyl groups excluding tert-OH is 1. The average molecular weight is 300 g/mol. The predicted octanol–water partition coefficient (Wildman–Crippen LogP) is 2.53. The molecule has 120 valence electrons. The zero-order valence-electron chi connectivity index (χ0n) is 12.8. The highest BCUT2D eigenvalue weighted by atomic mass is 19.3. The van der Waals surface area contributed by atoms with Gasteiger partial charge in [0.05, 0.1) is 13.2 Å². The van der Waals surface area contributed by atoms with Crippen LogP contribution in [0.3, 0.4) is 0 Å². The standard InChI is InChI=1S/C16H26F2N2O/c1-3-19-16(14-7-5-4-6-8-14)13(2)11-20(9-10-21)12-15(17)18/h4-8,13,15-16,19,21H,3,9-12H2,1-2H3. The van der Waals surface area contributed by atoms with Crippen molar-refractivity contribution in [2.45, 2.75) is 26.3 Å². The van der Waals surface area contributed by atoms with Crippen LogP contribution in [0.25, 0.3) is 0 Å². The highest BCUT2D eigenvalue weighted by molar-refractivity contribution is 5.19. The molecule has 2 N–H and O–H groups in total. The van der Waals surface area contributed by atoms with Crippen LogP contribution in [0, 0.1) is 5.92 Å². The molecule has 3 nitrogen and oxygen atoms in total. The fraction of sp³-hybridized carbons (Fsp3) is 0.625. The number of alkyl halides is 2. The maximum Gasteiger partial charge on any atom is 0.251 e. The lowest BCUT2D eigenvalue weighted by Gasteiger charge is -2.30. The number of halogens is 2. The number of benzene rings is 1. The van der Waals surface area contributed by atoms with Crippen LogP contribution in [0.5, 0.6) is 0 Å². The highest BCUT2D eigenvalue weighted by Gasteiger charge is 2.22. The molecule has 0 saturated carbocycles. The van der Waals surface area contributed by atoms with Gasteiger partial charge in [0.1, 0.15) is 0 Å². The normalized spacial score (nSPS) is 14.6. The second-order valence-electron chi connectivity index (χ2n) is 5.30. The van der Waals surface area contributed by atoms with Gasteiger partial charge in [0.2, 0.25) is 0 Å². The molecule has 0 aliphatic rings. The van der Waals surface area contributed by atoms with Crippen LogP contribution in [0.15, 0.2) is 30.3 Å². The number of nitrogens with zero attached hydrogens (tertiary/aromatic N) is 1. The van der Waals surface area contributed by atoms with Gasteiger partial charge in [-0.1, -0.05) is 44.2 Å². The van der Waals surface area contributed by atoms with Crippen molar-refractivity contribution in [2.75, 3.05) is 32.8 Å². The van der Waals surface area contributed by atoms with E-state index in [2.05, 4.69) is 12.2 Å². The summed E-state index contributed by atoms with van der Waals surface area (Å²) in [7, 11) is 0. The van der Waals surface area contributed by atoms with Crippen molar-refractivity contribution < 1.29 is 13.9 Å². The van der Waals surface area contributed by atoms with Crippen molar-refractivity contribution in [2.24, 2.45) is 5.92 Å². The molecular formula is C16H26F2N2O. The topological polar surface area (TPSA) is 35.5 Å². The van der Waals surface area contributed by atoms with Crippen molar-refractivity contribution in [1.82, 2.24) is 10.2 Å². The molecule has 0 aliphatic heterocycles. The van der Waals surface area contributed by atoms with Crippen LogP contribution in [0.1, 0.15) is 25.5 Å². The summed E-state index contributed by atoms with van der Waals surface area (Å²) in [6.45, 7) is 5.32. The molecular weight excluding hydrogens is 274 g/mol. The molecule has 0 aliphatic carbocycles. The van der Waals surface area contributed by atoms with Crippen LogP contribution in [0.2, 0.25) is 0 Å². The average Bonchev–Trinajstić information content (AvgIpc) is 2.45. The minimum absolute atomic E-state index is 0.101. The number of aliphatic hydroxyl groups is 1. The van der Waals surface area contributed by atoms with Gasteiger partial charge in [0, 0.05) is 19.1 Å². The largest absolute Gasteiger partial charge is 0.395 e. The second kappa shape index (κ2) is 9.82. The Bertz CT molecular complexity index is 376. The summed E-state index contributed by atoms with van der Waals surface area (Å²) in [5, 5.41) is 12.4. The molecule has 0 saturated heterocycles. The Morgan fingerprint density at radius 1 is 1.19 bits per heavy atom. The van der Waals surface area contributed by atoms with E-state index in [0.717, 1.165) is 12.1 Å². The van der Waals surface area contributed by atoms with Gasteiger partial charge < -0.3 is 10.4 Å². The summed E-state index contributed by atoms with van der Waals surface area (Å²) in [6.07, 6.45) is -2.38. The summed E-state index contributed by atoms with van der Waals surface area (Å²) in [4.78, 5) is 1.63. The highest BCUT2D eigenvalue weighted by Crippen LogP contribution is 2.22. The van der Waals surface area contributed by atoms with Gasteiger partial charge >= 0.3 is 0 Å². The SMILES string of the molecule is CCNC(c1ccccc1)C(C)CN(CCO)CC(F)F. The smallest absolute Gasteiger partial charge is 0.251 e. The van der Waals surface area contributed by atoms with Crippen molar-refractivity contribution >= 4 is 0 Å². The molecule has 0 radical (unpaired) electrons. The van der Waals surface area contributed by atoms with Gasteiger partial charge in [0.15, 0.2) is 0 Å². The first-order chi connectivity index (χ1) is 10.1. The van der Waals surface area contributed by atoms with E-state index in [4.69, 9.17) is 5.11 Å². The minimum atomic E-state index is -2.38. The van der Waals surface area contributed by atoms with E-state index in [1.54, 1.807) is 4.90 Å². The Morgan fingerprint density at radius 2 is 1.86 bits per heavy atom. The van der Waals surface area contributed by atoms with E-state index in [1.807, 2.05) is 37.3 Å². The van der Waals surface area contributed by atoms with Gasteiger partial charge in [-0.2, -0.15) is 0 Å². The number of nitrogens with one attached hydrogen (secondary N) is 1.